The van der Waals surface area contributed by atoms with Gasteiger partial charge in [0, 0.05) is 14.2 Å². The molecule has 1 aromatic heterocycles. The summed E-state index contributed by atoms with van der Waals surface area (Å²) in [6.07, 6.45) is -0.513. The lowest BCUT2D eigenvalue weighted by atomic mass is 10.1. The molecule has 15 heavy (non-hydrogen) atoms. The van der Waals surface area contributed by atoms with Gasteiger partial charge in [-0.3, -0.25) is 0 Å². The topological polar surface area (TPSA) is 20.2 Å². The maximum Gasteiger partial charge on any atom is 0.113 e. The molecule has 0 bridgehead atoms. The van der Waals surface area contributed by atoms with E-state index in [4.69, 9.17) is 0 Å². The Kier molecular flexibility index (Phi) is 3.24. The van der Waals surface area contributed by atoms with Gasteiger partial charge < -0.3 is 5.11 Å². The third-order valence-corrected chi connectivity index (χ3v) is 3.74. The zero-order valence-electron chi connectivity index (χ0n) is 8.27. The van der Waals surface area contributed by atoms with Crippen molar-refractivity contribution in [3.63, 3.8) is 0 Å². The summed E-state index contributed by atoms with van der Waals surface area (Å²) in [5.74, 6) is 0. The van der Waals surface area contributed by atoms with E-state index in [1.165, 1.54) is 4.88 Å². The highest BCUT2D eigenvalue weighted by atomic mass is 79.9. The van der Waals surface area contributed by atoms with Crippen LogP contribution < -0.4 is 0 Å². The molecule has 78 valence electrons. The van der Waals surface area contributed by atoms with Crippen LogP contribution in [0, 0.1) is 6.92 Å². The Morgan fingerprint density at radius 1 is 1.27 bits per heavy atom. The molecule has 0 aliphatic heterocycles. The van der Waals surface area contributed by atoms with Gasteiger partial charge in [0.2, 0.25) is 0 Å². The molecule has 0 aliphatic rings. The zero-order chi connectivity index (χ0) is 10.8. The van der Waals surface area contributed by atoms with E-state index in [0.29, 0.717) is 0 Å². The predicted molar refractivity (Wildman–Crippen MR) is 67.3 cm³/mol. The fourth-order valence-corrected chi connectivity index (χ4v) is 2.75. The van der Waals surface area contributed by atoms with Crippen LogP contribution in [-0.4, -0.2) is 5.11 Å². The number of aryl methyl sites for hydroxylation is 1. The van der Waals surface area contributed by atoms with Crippen molar-refractivity contribution in [2.75, 3.05) is 0 Å². The average Bonchev–Trinajstić information content (AvgIpc) is 2.64. The number of rotatable bonds is 2. The first-order chi connectivity index (χ1) is 7.16. The molecule has 2 aromatic rings. The van der Waals surface area contributed by atoms with E-state index in [1.807, 2.05) is 43.3 Å². The summed E-state index contributed by atoms with van der Waals surface area (Å²) >= 11 is 5.03. The molecular weight excluding hydrogens is 272 g/mol. The van der Waals surface area contributed by atoms with Crippen molar-refractivity contribution in [3.8, 4) is 0 Å². The largest absolute Gasteiger partial charge is 0.383 e. The number of aliphatic hydroxyl groups excluding tert-OH is 1. The van der Waals surface area contributed by atoms with Crippen LogP contribution in [0.2, 0.25) is 0 Å². The molecule has 0 aliphatic carbocycles. The van der Waals surface area contributed by atoms with Gasteiger partial charge in [-0.2, -0.15) is 0 Å². The second-order valence-electron chi connectivity index (χ2n) is 3.41. The third-order valence-electron chi connectivity index (χ3n) is 2.20. The fourth-order valence-electron chi connectivity index (χ4n) is 1.44. The summed E-state index contributed by atoms with van der Waals surface area (Å²) < 4.78 is 0.993. The minimum absolute atomic E-state index is 0.513. The molecule has 1 aromatic carbocycles. The fraction of sp³-hybridized carbons (Fsp3) is 0.167. The Hall–Kier alpha value is -0.640. The van der Waals surface area contributed by atoms with Crippen LogP contribution >= 0.6 is 27.3 Å². The van der Waals surface area contributed by atoms with Crippen LogP contribution in [0.25, 0.3) is 0 Å². The molecule has 1 nitrogen and oxygen atoms in total. The Morgan fingerprint density at radius 3 is 2.67 bits per heavy atom. The van der Waals surface area contributed by atoms with Crippen LogP contribution in [-0.2, 0) is 0 Å². The molecule has 0 saturated heterocycles. The first kappa shape index (κ1) is 10.9. The van der Waals surface area contributed by atoms with Crippen LogP contribution in [0.15, 0.2) is 40.9 Å². The zero-order valence-corrected chi connectivity index (χ0v) is 10.7. The Bertz CT molecular complexity index is 464. The number of thiophene rings is 1. The standard InChI is InChI=1S/C12H11BrOS/c1-8-5-6-11(15-8)12(14)9-3-2-4-10(13)7-9/h2-7,12,14H,1H3. The molecule has 1 heterocycles. The number of hydrogen-bond donors (Lipinski definition) is 1. The van der Waals surface area contributed by atoms with E-state index in [0.717, 1.165) is 14.9 Å². The highest BCUT2D eigenvalue weighted by Crippen LogP contribution is 2.29. The van der Waals surface area contributed by atoms with Gasteiger partial charge >= 0.3 is 0 Å². The number of halogens is 1. The van der Waals surface area contributed by atoms with Crippen LogP contribution in [0.1, 0.15) is 21.4 Å². The van der Waals surface area contributed by atoms with Crippen molar-refractivity contribution in [1.29, 1.82) is 0 Å². The van der Waals surface area contributed by atoms with Crippen molar-refractivity contribution in [2.24, 2.45) is 0 Å². The lowest BCUT2D eigenvalue weighted by Gasteiger charge is -2.08. The van der Waals surface area contributed by atoms with Gasteiger partial charge in [0.15, 0.2) is 0 Å². The lowest BCUT2D eigenvalue weighted by Crippen LogP contribution is -1.96. The Labute approximate surface area is 102 Å². The lowest BCUT2D eigenvalue weighted by molar-refractivity contribution is 0.224. The first-order valence-electron chi connectivity index (χ1n) is 4.66. The number of aliphatic hydroxyl groups is 1. The van der Waals surface area contributed by atoms with Crippen molar-refractivity contribution in [1.82, 2.24) is 0 Å². The molecule has 3 heteroatoms. The van der Waals surface area contributed by atoms with Crippen LogP contribution in [0.5, 0.6) is 0 Å². The third kappa shape index (κ3) is 2.48. The van der Waals surface area contributed by atoms with E-state index in [1.54, 1.807) is 11.3 Å². The summed E-state index contributed by atoms with van der Waals surface area (Å²) in [5.41, 5.74) is 0.922. The molecule has 0 fully saturated rings. The van der Waals surface area contributed by atoms with Crippen LogP contribution in [0.3, 0.4) is 0 Å². The van der Waals surface area contributed by atoms with Crippen molar-refractivity contribution >= 4 is 27.3 Å². The second-order valence-corrected chi connectivity index (χ2v) is 5.64. The van der Waals surface area contributed by atoms with E-state index >= 15 is 0 Å². The van der Waals surface area contributed by atoms with E-state index in [9.17, 15) is 5.11 Å². The van der Waals surface area contributed by atoms with Gasteiger partial charge in [-0.25, -0.2) is 0 Å². The smallest absolute Gasteiger partial charge is 0.113 e. The summed E-state index contributed by atoms with van der Waals surface area (Å²) in [6.45, 7) is 2.04. The molecule has 1 unspecified atom stereocenters. The molecule has 0 spiro atoms. The van der Waals surface area contributed by atoms with E-state index in [-0.39, 0.29) is 0 Å². The maximum absolute atomic E-state index is 10.1. The van der Waals surface area contributed by atoms with Gasteiger partial charge in [0.05, 0.1) is 0 Å². The van der Waals surface area contributed by atoms with Crippen molar-refractivity contribution in [2.45, 2.75) is 13.0 Å². The minimum atomic E-state index is -0.513. The number of hydrogen-bond acceptors (Lipinski definition) is 2. The minimum Gasteiger partial charge on any atom is -0.383 e. The highest BCUT2D eigenvalue weighted by molar-refractivity contribution is 9.10. The summed E-state index contributed by atoms with van der Waals surface area (Å²) in [6, 6.07) is 11.8. The second kappa shape index (κ2) is 4.47. The monoisotopic (exact) mass is 282 g/mol. The summed E-state index contributed by atoms with van der Waals surface area (Å²) in [5, 5.41) is 10.1. The molecule has 1 atom stereocenters. The van der Waals surface area contributed by atoms with Gasteiger partial charge in [-0.05, 0) is 36.8 Å². The van der Waals surface area contributed by atoms with E-state index in [2.05, 4.69) is 15.9 Å². The van der Waals surface area contributed by atoms with E-state index < -0.39 is 6.10 Å². The first-order valence-corrected chi connectivity index (χ1v) is 6.27. The average molecular weight is 283 g/mol. The predicted octanol–water partition coefficient (Wildman–Crippen LogP) is 3.90. The van der Waals surface area contributed by atoms with Crippen molar-refractivity contribution in [3.05, 3.63) is 56.2 Å². The quantitative estimate of drug-likeness (QED) is 0.886. The molecule has 0 radical (unpaired) electrons. The summed E-state index contributed by atoms with van der Waals surface area (Å²) in [7, 11) is 0. The number of benzene rings is 1. The Balaban J connectivity index is 2.32. The Morgan fingerprint density at radius 2 is 2.07 bits per heavy atom. The normalized spacial score (nSPS) is 12.7. The molecular formula is C12H11BrOS. The maximum atomic E-state index is 10.1. The van der Waals surface area contributed by atoms with Gasteiger partial charge in [-0.1, -0.05) is 28.1 Å². The van der Waals surface area contributed by atoms with Crippen molar-refractivity contribution < 1.29 is 5.11 Å². The highest BCUT2D eigenvalue weighted by Gasteiger charge is 2.12. The molecule has 0 amide bonds. The van der Waals surface area contributed by atoms with Gasteiger partial charge in [0.25, 0.3) is 0 Å². The van der Waals surface area contributed by atoms with Gasteiger partial charge in [-0.15, -0.1) is 11.3 Å². The molecule has 1 N–H and O–H groups in total. The van der Waals surface area contributed by atoms with Gasteiger partial charge in [0.1, 0.15) is 6.10 Å². The molecule has 0 saturated carbocycles. The molecule has 2 rings (SSSR count). The van der Waals surface area contributed by atoms with Crippen LogP contribution in [0.4, 0.5) is 0 Å². The summed E-state index contributed by atoms with van der Waals surface area (Å²) in [4.78, 5) is 2.21. The SMILES string of the molecule is Cc1ccc(C(O)c2cccc(Br)c2)s1.